The minimum Gasteiger partial charge on any atom is -0.411 e. The maximum absolute atomic E-state index is 10.4. The Morgan fingerprint density at radius 3 is 2.19 bits per heavy atom. The molecule has 27 heavy (non-hydrogen) atoms. The van der Waals surface area contributed by atoms with Crippen LogP contribution in [0.1, 0.15) is 72.6 Å². The highest BCUT2D eigenvalue weighted by Crippen LogP contribution is 2.53. The van der Waals surface area contributed by atoms with Crippen molar-refractivity contribution in [3.8, 4) is 0 Å². The smallest absolute Gasteiger partial charge is 0.411 e. The van der Waals surface area contributed by atoms with Gasteiger partial charge in [-0.05, 0) is 57.3 Å². The molecule has 1 fully saturated rings. The van der Waals surface area contributed by atoms with E-state index in [1.54, 1.807) is 0 Å². The maximum atomic E-state index is 10.4. The largest absolute Gasteiger partial charge is 0.461 e. The topological polar surface area (TPSA) is 38.7 Å². The van der Waals surface area contributed by atoms with Crippen molar-refractivity contribution < 1.29 is 13.9 Å². The third kappa shape index (κ3) is 10.1. The highest BCUT2D eigenvalue weighted by Gasteiger charge is 2.42. The molecule has 2 aliphatic carbocycles. The van der Waals surface area contributed by atoms with E-state index < -0.39 is 10.3 Å². The van der Waals surface area contributed by atoms with Gasteiger partial charge >= 0.3 is 7.12 Å². The molecule has 0 spiro atoms. The van der Waals surface area contributed by atoms with Crippen LogP contribution in [0.5, 0.6) is 0 Å². The maximum Gasteiger partial charge on any atom is 0.461 e. The Bertz CT molecular complexity index is 407. The summed E-state index contributed by atoms with van der Waals surface area (Å²) in [6.07, 6.45) is 17.3. The molecule has 0 heterocycles. The van der Waals surface area contributed by atoms with E-state index in [1.807, 2.05) is 26.4 Å². The van der Waals surface area contributed by atoms with E-state index in [2.05, 4.69) is 37.8 Å². The lowest BCUT2D eigenvalue weighted by Gasteiger charge is -2.43. The average Bonchev–Trinajstić information content (AvgIpc) is 2.62. The predicted octanol–water partition coefficient (Wildman–Crippen LogP) is 6.63. The molecule has 0 aromatic heterocycles. The van der Waals surface area contributed by atoms with Gasteiger partial charge < -0.3 is 13.9 Å². The van der Waals surface area contributed by atoms with Gasteiger partial charge in [0.15, 0.2) is 0 Å². The zero-order valence-electron chi connectivity index (χ0n) is 18.5. The molecular weight excluding hydrogens is 375 g/mol. The van der Waals surface area contributed by atoms with Crippen molar-refractivity contribution in [3.05, 3.63) is 12.2 Å². The summed E-state index contributed by atoms with van der Waals surface area (Å²) in [6, 6.07) is 0. The highest BCUT2D eigenvalue weighted by molar-refractivity contribution is 8.28. The second-order valence-corrected chi connectivity index (χ2v) is 13.4. The van der Waals surface area contributed by atoms with E-state index in [4.69, 9.17) is 9.31 Å². The molecule has 0 aliphatic heterocycles. The molecule has 3 nitrogen and oxygen atoms in total. The molecule has 6 heteroatoms. The fourth-order valence-electron chi connectivity index (χ4n) is 4.05. The van der Waals surface area contributed by atoms with Gasteiger partial charge in [0.25, 0.3) is 0 Å². The summed E-state index contributed by atoms with van der Waals surface area (Å²) in [5.41, 5.74) is 0. The summed E-state index contributed by atoms with van der Waals surface area (Å²) < 4.78 is 21.8. The lowest BCUT2D eigenvalue weighted by molar-refractivity contribution is 0.196. The van der Waals surface area contributed by atoms with Gasteiger partial charge in [-0.25, -0.2) is 0 Å². The number of hydrogen-bond acceptors (Lipinski definition) is 4. The molecular formula is C21H43BO3S2. The van der Waals surface area contributed by atoms with Gasteiger partial charge in [0.05, 0.1) is 0 Å². The summed E-state index contributed by atoms with van der Waals surface area (Å²) in [6.45, 7) is 9.91. The van der Waals surface area contributed by atoms with Crippen LogP contribution < -0.4 is 0 Å². The highest BCUT2D eigenvalue weighted by atomic mass is 32.3. The van der Waals surface area contributed by atoms with Crippen molar-refractivity contribution in [1.29, 1.82) is 0 Å². The Labute approximate surface area is 175 Å². The minimum absolute atomic E-state index is 0.130. The number of hydrogen-bond donors (Lipinski definition) is 1. The van der Waals surface area contributed by atoms with E-state index in [1.165, 1.54) is 32.1 Å². The summed E-state index contributed by atoms with van der Waals surface area (Å²) in [7, 11) is -1.65. The molecule has 1 saturated carbocycles. The molecule has 160 valence electrons. The summed E-state index contributed by atoms with van der Waals surface area (Å²) in [5.74, 6) is 0.360. The quantitative estimate of drug-likeness (QED) is 0.354. The van der Waals surface area contributed by atoms with Crippen LogP contribution >= 0.6 is 22.1 Å². The summed E-state index contributed by atoms with van der Waals surface area (Å²) in [5, 5.41) is 2.07. The molecule has 0 saturated heterocycles. The average molecular weight is 419 g/mol. The molecule has 0 aromatic carbocycles. The molecule has 2 rings (SSSR count). The van der Waals surface area contributed by atoms with Crippen LogP contribution in [0.25, 0.3) is 0 Å². The van der Waals surface area contributed by atoms with Crippen molar-refractivity contribution in [2.24, 2.45) is 0 Å². The second kappa shape index (κ2) is 13.6. The first-order valence-electron chi connectivity index (χ1n) is 10.8. The Kier molecular flexibility index (Phi) is 12.8. The first-order chi connectivity index (χ1) is 12.8. The van der Waals surface area contributed by atoms with E-state index in [-0.39, 0.29) is 7.12 Å². The van der Waals surface area contributed by atoms with Crippen molar-refractivity contribution >= 4 is 29.2 Å². The van der Waals surface area contributed by atoms with E-state index in [0.717, 1.165) is 23.3 Å². The molecule has 1 N–H and O–H groups in total. The van der Waals surface area contributed by atoms with Crippen molar-refractivity contribution in [2.75, 3.05) is 25.7 Å². The number of allylic oxidation sites excluding steroid dienone is 2. The van der Waals surface area contributed by atoms with E-state index >= 15 is 0 Å². The van der Waals surface area contributed by atoms with Gasteiger partial charge in [0, 0.05) is 29.5 Å². The monoisotopic (exact) mass is 418 g/mol. The van der Waals surface area contributed by atoms with Crippen molar-refractivity contribution in [2.45, 2.75) is 94.2 Å². The Morgan fingerprint density at radius 1 is 1.07 bits per heavy atom. The van der Waals surface area contributed by atoms with Crippen molar-refractivity contribution in [3.63, 3.8) is 0 Å². The van der Waals surface area contributed by atoms with E-state index in [0.29, 0.717) is 24.3 Å². The van der Waals surface area contributed by atoms with Crippen LogP contribution in [0.2, 0.25) is 5.82 Å². The molecule has 0 amide bonds. The van der Waals surface area contributed by atoms with Gasteiger partial charge in [0.2, 0.25) is 0 Å². The van der Waals surface area contributed by atoms with Crippen LogP contribution in [0, 0.1) is 0 Å². The van der Waals surface area contributed by atoms with Gasteiger partial charge in [0.1, 0.15) is 0 Å². The van der Waals surface area contributed by atoms with Crippen LogP contribution in [0.3, 0.4) is 0 Å². The number of rotatable bonds is 8. The zero-order chi connectivity index (χ0) is 20.3. The molecule has 2 aliphatic rings. The molecule has 3 unspecified atom stereocenters. The van der Waals surface area contributed by atoms with Gasteiger partial charge in [-0.3, -0.25) is 0 Å². The third-order valence-corrected chi connectivity index (χ3v) is 8.62. The van der Waals surface area contributed by atoms with E-state index in [9.17, 15) is 4.55 Å². The van der Waals surface area contributed by atoms with Crippen LogP contribution in [-0.2, 0) is 9.31 Å². The normalized spacial score (nSPS) is 26.4. The first-order valence-corrected chi connectivity index (χ1v) is 14.2. The summed E-state index contributed by atoms with van der Waals surface area (Å²) in [4.78, 5) is 0. The fourth-order valence-corrected chi connectivity index (χ4v) is 7.18. The fraction of sp³-hybridized carbons (Fsp3) is 0.905. The van der Waals surface area contributed by atoms with Crippen molar-refractivity contribution in [1.82, 2.24) is 0 Å². The van der Waals surface area contributed by atoms with Crippen LogP contribution in [0.4, 0.5) is 0 Å². The Hall–Kier alpha value is 0.385. The Morgan fingerprint density at radius 2 is 1.70 bits per heavy atom. The van der Waals surface area contributed by atoms with Gasteiger partial charge in [-0.1, -0.05) is 45.3 Å². The SMILES string of the molecule is CC(C)SC1CC=CCC1.CCOB(OCC)C1CCCCC1S(C)(C)O. The lowest BCUT2D eigenvalue weighted by Crippen LogP contribution is -2.39. The standard InChI is InChI=1S/C12H27BO3S.C9H16S/c1-5-15-13(16-6-2)11-9-7-8-10-12(11)17(3,4)14;1-8(2)10-9-6-4-3-5-7-9/h11-12,14H,5-10H2,1-4H3;3-4,8-9H,5-7H2,1-2H3. The van der Waals surface area contributed by atoms with Crippen LogP contribution in [0.15, 0.2) is 12.2 Å². The second-order valence-electron chi connectivity index (χ2n) is 8.21. The summed E-state index contributed by atoms with van der Waals surface area (Å²) >= 11 is 2.12. The van der Waals surface area contributed by atoms with Gasteiger partial charge in [-0.2, -0.15) is 11.8 Å². The molecule has 0 radical (unpaired) electrons. The zero-order valence-corrected chi connectivity index (χ0v) is 20.1. The molecule has 0 aromatic rings. The minimum atomic E-state index is -1.52. The lowest BCUT2D eigenvalue weighted by atomic mass is 9.64. The van der Waals surface area contributed by atoms with Gasteiger partial charge in [-0.15, -0.1) is 10.3 Å². The number of thioether (sulfide) groups is 1. The van der Waals surface area contributed by atoms with Crippen LogP contribution in [-0.4, -0.2) is 53.1 Å². The first kappa shape index (κ1) is 25.4. The Balaban J connectivity index is 0.000000309. The predicted molar refractivity (Wildman–Crippen MR) is 127 cm³/mol. The molecule has 0 bridgehead atoms. The molecule has 3 atom stereocenters. The third-order valence-electron chi connectivity index (χ3n) is 5.19.